The predicted molar refractivity (Wildman–Crippen MR) is 159 cm³/mol. The molecule has 3 rings (SSSR count). The third-order valence-corrected chi connectivity index (χ3v) is 7.39. The fourth-order valence-corrected chi connectivity index (χ4v) is 4.64. The first-order chi connectivity index (χ1) is 19.5. The molecule has 0 spiro atoms. The number of carbonyl (C=O) groups is 1. The molecule has 0 saturated carbocycles. The monoisotopic (exact) mass is 614 g/mol. The third kappa shape index (κ3) is 8.57. The molecule has 1 amide bonds. The predicted octanol–water partition coefficient (Wildman–Crippen LogP) is 5.56. The number of ether oxygens (including phenoxy) is 3. The van der Waals surface area contributed by atoms with Gasteiger partial charge in [-0.25, -0.2) is 23.2 Å². The van der Waals surface area contributed by atoms with E-state index in [1.807, 2.05) is 26.0 Å². The van der Waals surface area contributed by atoms with Crippen molar-refractivity contribution >= 4 is 27.5 Å². The summed E-state index contributed by atoms with van der Waals surface area (Å²) < 4.78 is 40.4. The molecule has 0 N–H and O–H groups in total. The van der Waals surface area contributed by atoms with Gasteiger partial charge in [-0.2, -0.15) is 5.26 Å². The number of nitriles is 1. The number of carbonyl (C=O) groups excluding carboxylic acids is 1. The summed E-state index contributed by atoms with van der Waals surface area (Å²) in [6, 6.07) is 14.7. The SMILES string of the molecule is CN(CCOc1c(Cl)cc(C(C)(C)c2ccc(OCc3ccnc(S(C)(=O)=O)n3)cc2)cc1C#N)C(=O)OC(C)(C)C. The molecule has 0 bridgehead atoms. The van der Waals surface area contributed by atoms with Gasteiger partial charge in [0, 0.05) is 24.9 Å². The third-order valence-electron chi connectivity index (χ3n) is 6.25. The Kier molecular flexibility index (Phi) is 10.1. The van der Waals surface area contributed by atoms with Crippen molar-refractivity contribution in [2.24, 2.45) is 0 Å². The van der Waals surface area contributed by atoms with Gasteiger partial charge in [0.25, 0.3) is 0 Å². The van der Waals surface area contributed by atoms with E-state index in [9.17, 15) is 18.5 Å². The van der Waals surface area contributed by atoms with Gasteiger partial charge in [0.2, 0.25) is 15.0 Å². The van der Waals surface area contributed by atoms with Gasteiger partial charge in [-0.1, -0.05) is 37.6 Å². The molecular weight excluding hydrogens is 580 g/mol. The molecule has 0 saturated heterocycles. The van der Waals surface area contributed by atoms with E-state index in [0.717, 1.165) is 17.4 Å². The summed E-state index contributed by atoms with van der Waals surface area (Å²) in [6.07, 6.45) is 1.96. The molecule has 0 radical (unpaired) electrons. The van der Waals surface area contributed by atoms with Gasteiger partial charge >= 0.3 is 6.09 Å². The van der Waals surface area contributed by atoms with E-state index < -0.39 is 26.9 Å². The molecule has 12 heteroatoms. The standard InChI is InChI=1S/C30H35ClN4O6S/c1-29(2,3)41-28(36)35(6)14-15-39-26-20(18-32)16-22(17-25(26)31)30(4,5)21-8-10-24(11-9-21)40-19-23-12-13-33-27(34-23)42(7,37)38/h8-13,16-17H,14-15,19H2,1-7H3. The van der Waals surface area contributed by atoms with E-state index in [0.29, 0.717) is 11.4 Å². The van der Waals surface area contributed by atoms with Crippen LogP contribution in [0, 0.1) is 11.3 Å². The number of hydrogen-bond donors (Lipinski definition) is 0. The highest BCUT2D eigenvalue weighted by molar-refractivity contribution is 7.90. The van der Waals surface area contributed by atoms with Crippen LogP contribution in [-0.4, -0.2) is 61.4 Å². The van der Waals surface area contributed by atoms with Crippen LogP contribution in [0.5, 0.6) is 11.5 Å². The van der Waals surface area contributed by atoms with E-state index in [1.165, 1.54) is 11.1 Å². The molecular formula is C30H35ClN4O6S. The zero-order valence-corrected chi connectivity index (χ0v) is 26.3. The van der Waals surface area contributed by atoms with Crippen LogP contribution in [0.4, 0.5) is 4.79 Å². The van der Waals surface area contributed by atoms with Gasteiger partial charge in [0.1, 0.15) is 30.6 Å². The summed E-state index contributed by atoms with van der Waals surface area (Å²) in [5.41, 5.74) is 1.34. The number of likely N-dealkylation sites (N-methyl/N-ethyl adjacent to an activating group) is 1. The Labute approximate surface area is 252 Å². The Morgan fingerprint density at radius 3 is 2.31 bits per heavy atom. The van der Waals surface area contributed by atoms with Gasteiger partial charge in [-0.05, 0) is 62.2 Å². The molecule has 1 heterocycles. The minimum Gasteiger partial charge on any atom is -0.489 e. The van der Waals surface area contributed by atoms with Crippen molar-refractivity contribution in [2.75, 3.05) is 26.5 Å². The molecule has 42 heavy (non-hydrogen) atoms. The lowest BCUT2D eigenvalue weighted by molar-refractivity contribution is 0.0278. The first-order valence-electron chi connectivity index (χ1n) is 13.1. The van der Waals surface area contributed by atoms with Crippen LogP contribution in [0.15, 0.2) is 53.8 Å². The van der Waals surface area contributed by atoms with Crippen molar-refractivity contribution in [1.29, 1.82) is 5.26 Å². The van der Waals surface area contributed by atoms with Crippen molar-refractivity contribution < 1.29 is 27.4 Å². The molecule has 0 aliphatic rings. The van der Waals surface area contributed by atoms with Crippen LogP contribution in [0.1, 0.15) is 57.0 Å². The fourth-order valence-electron chi connectivity index (χ4n) is 3.83. The molecule has 2 aromatic carbocycles. The van der Waals surface area contributed by atoms with Crippen LogP contribution < -0.4 is 9.47 Å². The number of aromatic nitrogens is 2. The van der Waals surface area contributed by atoms with Crippen LogP contribution in [0.25, 0.3) is 0 Å². The molecule has 0 fully saturated rings. The second-order valence-electron chi connectivity index (χ2n) is 11.2. The van der Waals surface area contributed by atoms with Crippen molar-refractivity contribution in [3.05, 3.63) is 76.1 Å². The number of hydrogen-bond acceptors (Lipinski definition) is 9. The summed E-state index contributed by atoms with van der Waals surface area (Å²) in [4.78, 5) is 21.4. The molecule has 224 valence electrons. The van der Waals surface area contributed by atoms with E-state index in [-0.39, 0.29) is 41.3 Å². The van der Waals surface area contributed by atoms with Gasteiger partial charge < -0.3 is 19.1 Å². The zero-order chi connectivity index (χ0) is 31.3. The quantitative estimate of drug-likeness (QED) is 0.269. The van der Waals surface area contributed by atoms with Crippen LogP contribution >= 0.6 is 11.6 Å². The van der Waals surface area contributed by atoms with Gasteiger partial charge in [-0.15, -0.1) is 0 Å². The van der Waals surface area contributed by atoms with Crippen molar-refractivity contribution in [2.45, 2.75) is 57.4 Å². The molecule has 0 aliphatic carbocycles. The van der Waals surface area contributed by atoms with E-state index in [2.05, 4.69) is 16.0 Å². The molecule has 10 nitrogen and oxygen atoms in total. The Balaban J connectivity index is 1.70. The fraction of sp³-hybridized carbons (Fsp3) is 0.400. The Hall–Kier alpha value is -3.88. The van der Waals surface area contributed by atoms with Crippen molar-refractivity contribution in [1.82, 2.24) is 14.9 Å². The summed E-state index contributed by atoms with van der Waals surface area (Å²) in [5, 5.41) is 9.88. The second kappa shape index (κ2) is 13.0. The van der Waals surface area contributed by atoms with Crippen LogP contribution in [0.2, 0.25) is 5.02 Å². The van der Waals surface area contributed by atoms with E-state index in [4.69, 9.17) is 25.8 Å². The number of nitrogens with zero attached hydrogens (tertiary/aromatic N) is 4. The van der Waals surface area contributed by atoms with E-state index >= 15 is 0 Å². The lowest BCUT2D eigenvalue weighted by atomic mass is 9.77. The lowest BCUT2D eigenvalue weighted by Gasteiger charge is -2.27. The van der Waals surface area contributed by atoms with Gasteiger partial charge in [0.05, 0.1) is 22.8 Å². The minimum atomic E-state index is -3.52. The molecule has 0 unspecified atom stereocenters. The zero-order valence-electron chi connectivity index (χ0n) is 24.8. The Bertz CT molecular complexity index is 1580. The highest BCUT2D eigenvalue weighted by atomic mass is 35.5. The smallest absolute Gasteiger partial charge is 0.410 e. The maximum atomic E-state index is 12.2. The molecule has 3 aromatic rings. The number of benzene rings is 2. The Morgan fingerprint density at radius 1 is 1.05 bits per heavy atom. The Morgan fingerprint density at radius 2 is 1.71 bits per heavy atom. The van der Waals surface area contributed by atoms with Gasteiger partial charge in [-0.3, -0.25) is 0 Å². The first kappa shape index (κ1) is 32.6. The first-order valence-corrected chi connectivity index (χ1v) is 15.3. The normalized spacial score (nSPS) is 11.9. The highest BCUT2D eigenvalue weighted by Crippen LogP contribution is 2.38. The average molecular weight is 615 g/mol. The summed E-state index contributed by atoms with van der Waals surface area (Å²) in [5.74, 6) is 0.828. The van der Waals surface area contributed by atoms with Crippen molar-refractivity contribution in [3.63, 3.8) is 0 Å². The molecule has 0 aliphatic heterocycles. The maximum absolute atomic E-state index is 12.2. The summed E-state index contributed by atoms with van der Waals surface area (Å²) in [7, 11) is -1.91. The maximum Gasteiger partial charge on any atom is 0.410 e. The number of amides is 1. The van der Waals surface area contributed by atoms with Crippen molar-refractivity contribution in [3.8, 4) is 17.6 Å². The number of rotatable bonds is 10. The van der Waals surface area contributed by atoms with E-state index in [1.54, 1.807) is 58.2 Å². The summed E-state index contributed by atoms with van der Waals surface area (Å²) >= 11 is 6.59. The average Bonchev–Trinajstić information content (AvgIpc) is 2.91. The van der Waals surface area contributed by atoms with Crippen LogP contribution in [-0.2, 0) is 26.6 Å². The lowest BCUT2D eigenvalue weighted by Crippen LogP contribution is -2.36. The minimum absolute atomic E-state index is 0.0734. The topological polar surface area (TPSA) is 132 Å². The van der Waals surface area contributed by atoms with Gasteiger partial charge in [0.15, 0.2) is 5.75 Å². The number of halogens is 1. The highest BCUT2D eigenvalue weighted by Gasteiger charge is 2.26. The molecule has 0 atom stereocenters. The summed E-state index contributed by atoms with van der Waals surface area (Å²) in [6.45, 7) is 9.84. The molecule has 1 aromatic heterocycles. The number of sulfone groups is 1. The van der Waals surface area contributed by atoms with Crippen LogP contribution in [0.3, 0.4) is 0 Å². The second-order valence-corrected chi connectivity index (χ2v) is 13.6. The largest absolute Gasteiger partial charge is 0.489 e.